The van der Waals surface area contributed by atoms with Gasteiger partial charge >= 0.3 is 0 Å². The van der Waals surface area contributed by atoms with E-state index in [9.17, 15) is 5.11 Å². The van der Waals surface area contributed by atoms with Gasteiger partial charge in [0.1, 0.15) is 0 Å². The molecule has 0 saturated heterocycles. The van der Waals surface area contributed by atoms with E-state index in [1.54, 1.807) is 0 Å². The van der Waals surface area contributed by atoms with Crippen LogP contribution in [0.4, 0.5) is 0 Å². The lowest BCUT2D eigenvalue weighted by atomic mass is 10.0. The minimum atomic E-state index is -0.393. The van der Waals surface area contributed by atoms with E-state index in [0.29, 0.717) is 0 Å². The van der Waals surface area contributed by atoms with Crippen molar-refractivity contribution in [1.82, 2.24) is 0 Å². The van der Waals surface area contributed by atoms with Crippen molar-refractivity contribution in [2.24, 2.45) is 0 Å². The maximum absolute atomic E-state index is 10.1. The van der Waals surface area contributed by atoms with E-state index >= 15 is 0 Å². The third-order valence-electron chi connectivity index (χ3n) is 3.13. The van der Waals surface area contributed by atoms with Crippen LogP contribution >= 0.6 is 0 Å². The summed E-state index contributed by atoms with van der Waals surface area (Å²) in [5.74, 6) is 0. The molecule has 0 bridgehead atoms. The topological polar surface area (TPSA) is 29.5 Å². The molecule has 1 unspecified atom stereocenters. The first-order chi connectivity index (χ1) is 8.81. The third kappa shape index (κ3) is 3.31. The molecule has 0 aromatic heterocycles. The predicted octanol–water partition coefficient (Wildman–Crippen LogP) is 3.69. The fourth-order valence-electron chi connectivity index (χ4n) is 2.10. The molecule has 0 fully saturated rings. The van der Waals surface area contributed by atoms with Gasteiger partial charge in [-0.25, -0.2) is 0 Å². The molecule has 0 saturated carbocycles. The lowest BCUT2D eigenvalue weighted by molar-refractivity contribution is 0.114. The van der Waals surface area contributed by atoms with Gasteiger partial charge in [0.2, 0.25) is 0 Å². The molecular formula is C16H20O2. The Morgan fingerprint density at radius 3 is 2.67 bits per heavy atom. The summed E-state index contributed by atoms with van der Waals surface area (Å²) in [7, 11) is 0. The van der Waals surface area contributed by atoms with Crippen LogP contribution in [-0.2, 0) is 4.74 Å². The monoisotopic (exact) mass is 244 g/mol. The molecule has 2 aromatic carbocycles. The fraction of sp³-hybridized carbons (Fsp3) is 0.375. The van der Waals surface area contributed by atoms with E-state index in [1.807, 2.05) is 25.1 Å². The molecule has 2 nitrogen and oxygen atoms in total. The molecular weight excluding hydrogens is 224 g/mol. The molecule has 2 heteroatoms. The molecule has 0 radical (unpaired) electrons. The second-order valence-electron chi connectivity index (χ2n) is 4.46. The third-order valence-corrected chi connectivity index (χ3v) is 3.13. The predicted molar refractivity (Wildman–Crippen MR) is 74.6 cm³/mol. The number of hydrogen-bond acceptors (Lipinski definition) is 2. The summed E-state index contributed by atoms with van der Waals surface area (Å²) in [4.78, 5) is 0. The number of benzene rings is 2. The highest BCUT2D eigenvalue weighted by atomic mass is 16.5. The summed E-state index contributed by atoms with van der Waals surface area (Å²) in [5, 5.41) is 12.5. The van der Waals surface area contributed by atoms with Gasteiger partial charge in [-0.1, -0.05) is 36.4 Å². The van der Waals surface area contributed by atoms with Gasteiger partial charge in [-0.05, 0) is 42.2 Å². The zero-order valence-corrected chi connectivity index (χ0v) is 10.8. The Morgan fingerprint density at radius 2 is 1.89 bits per heavy atom. The summed E-state index contributed by atoms with van der Waals surface area (Å²) in [6, 6.07) is 14.4. The molecule has 1 atom stereocenters. The average molecular weight is 244 g/mol. The van der Waals surface area contributed by atoms with Crippen LogP contribution in [-0.4, -0.2) is 18.3 Å². The number of rotatable bonds is 6. The normalized spacial score (nSPS) is 12.8. The summed E-state index contributed by atoms with van der Waals surface area (Å²) in [6.07, 6.45) is 1.25. The van der Waals surface area contributed by atoms with E-state index < -0.39 is 6.10 Å². The van der Waals surface area contributed by atoms with Gasteiger partial charge in [-0.3, -0.25) is 0 Å². The Kier molecular flexibility index (Phi) is 4.73. The smallest absolute Gasteiger partial charge is 0.0791 e. The first-order valence-electron chi connectivity index (χ1n) is 6.55. The number of aliphatic hydroxyl groups is 1. The van der Waals surface area contributed by atoms with Crippen LogP contribution in [0, 0.1) is 0 Å². The van der Waals surface area contributed by atoms with Crippen LogP contribution in [0.25, 0.3) is 10.8 Å². The van der Waals surface area contributed by atoms with Crippen molar-refractivity contribution >= 4 is 10.8 Å². The number of aliphatic hydroxyl groups excluding tert-OH is 1. The Morgan fingerprint density at radius 1 is 1.11 bits per heavy atom. The van der Waals surface area contributed by atoms with Gasteiger partial charge in [-0.2, -0.15) is 0 Å². The van der Waals surface area contributed by atoms with Crippen molar-refractivity contribution in [3.05, 3.63) is 48.0 Å². The minimum absolute atomic E-state index is 0.393. The molecule has 2 aromatic rings. The van der Waals surface area contributed by atoms with Crippen LogP contribution in [0.5, 0.6) is 0 Å². The van der Waals surface area contributed by atoms with Crippen molar-refractivity contribution in [2.75, 3.05) is 13.2 Å². The maximum Gasteiger partial charge on any atom is 0.0791 e. The van der Waals surface area contributed by atoms with Crippen molar-refractivity contribution < 1.29 is 9.84 Å². The molecule has 0 aliphatic rings. The van der Waals surface area contributed by atoms with Crippen LogP contribution in [0.15, 0.2) is 42.5 Å². The van der Waals surface area contributed by atoms with Crippen LogP contribution < -0.4 is 0 Å². The van der Waals surface area contributed by atoms with Gasteiger partial charge < -0.3 is 9.84 Å². The van der Waals surface area contributed by atoms with E-state index in [2.05, 4.69) is 24.3 Å². The highest BCUT2D eigenvalue weighted by Crippen LogP contribution is 2.23. The molecule has 0 amide bonds. The van der Waals surface area contributed by atoms with Gasteiger partial charge in [0.15, 0.2) is 0 Å². The quantitative estimate of drug-likeness (QED) is 0.785. The molecule has 18 heavy (non-hydrogen) atoms. The Labute approximate surface area is 108 Å². The Hall–Kier alpha value is -1.38. The SMILES string of the molecule is CCOCCCC(O)c1ccc2ccccc2c1. The largest absolute Gasteiger partial charge is 0.388 e. The van der Waals surface area contributed by atoms with Gasteiger partial charge in [0.25, 0.3) is 0 Å². The number of ether oxygens (including phenoxy) is 1. The van der Waals surface area contributed by atoms with Crippen molar-refractivity contribution in [3.8, 4) is 0 Å². The standard InChI is InChI=1S/C16H20O2/c1-2-18-11-5-8-16(17)15-10-9-13-6-3-4-7-14(13)12-15/h3-4,6-7,9-10,12,16-17H,2,5,8,11H2,1H3. The Balaban J connectivity index is 2.01. The van der Waals surface area contributed by atoms with Crippen molar-refractivity contribution in [2.45, 2.75) is 25.9 Å². The van der Waals surface area contributed by atoms with Crippen molar-refractivity contribution in [3.63, 3.8) is 0 Å². The minimum Gasteiger partial charge on any atom is -0.388 e. The summed E-state index contributed by atoms with van der Waals surface area (Å²) in [5.41, 5.74) is 0.991. The second-order valence-corrected chi connectivity index (χ2v) is 4.46. The molecule has 0 aliphatic carbocycles. The van der Waals surface area contributed by atoms with Crippen LogP contribution in [0.3, 0.4) is 0 Å². The Bertz CT molecular complexity index is 493. The first kappa shape index (κ1) is 13.1. The van der Waals surface area contributed by atoms with Crippen molar-refractivity contribution in [1.29, 1.82) is 0 Å². The number of hydrogen-bond donors (Lipinski definition) is 1. The zero-order chi connectivity index (χ0) is 12.8. The highest BCUT2D eigenvalue weighted by Gasteiger charge is 2.07. The lowest BCUT2D eigenvalue weighted by Gasteiger charge is -2.11. The summed E-state index contributed by atoms with van der Waals surface area (Å²) < 4.78 is 5.28. The maximum atomic E-state index is 10.1. The van der Waals surface area contributed by atoms with E-state index in [1.165, 1.54) is 10.8 Å². The second kappa shape index (κ2) is 6.53. The fourth-order valence-corrected chi connectivity index (χ4v) is 2.10. The van der Waals surface area contributed by atoms with E-state index in [-0.39, 0.29) is 0 Å². The first-order valence-corrected chi connectivity index (χ1v) is 6.55. The lowest BCUT2D eigenvalue weighted by Crippen LogP contribution is -2.01. The zero-order valence-electron chi connectivity index (χ0n) is 10.8. The van der Waals surface area contributed by atoms with Crippen LogP contribution in [0.2, 0.25) is 0 Å². The van der Waals surface area contributed by atoms with E-state index in [4.69, 9.17) is 4.74 Å². The summed E-state index contributed by atoms with van der Waals surface area (Å²) >= 11 is 0. The number of fused-ring (bicyclic) bond motifs is 1. The van der Waals surface area contributed by atoms with Crippen LogP contribution in [0.1, 0.15) is 31.4 Å². The highest BCUT2D eigenvalue weighted by molar-refractivity contribution is 5.83. The molecule has 0 spiro atoms. The summed E-state index contributed by atoms with van der Waals surface area (Å²) in [6.45, 7) is 3.45. The molecule has 96 valence electrons. The molecule has 1 N–H and O–H groups in total. The molecule has 2 rings (SSSR count). The molecule has 0 aliphatic heterocycles. The molecule has 0 heterocycles. The van der Waals surface area contributed by atoms with Gasteiger partial charge in [0, 0.05) is 13.2 Å². The van der Waals surface area contributed by atoms with E-state index in [0.717, 1.165) is 31.6 Å². The van der Waals surface area contributed by atoms with Gasteiger partial charge in [0.05, 0.1) is 6.10 Å². The van der Waals surface area contributed by atoms with Gasteiger partial charge in [-0.15, -0.1) is 0 Å². The average Bonchev–Trinajstić information content (AvgIpc) is 2.43.